The van der Waals surface area contributed by atoms with Gasteiger partial charge in [0, 0.05) is 17.6 Å². The van der Waals surface area contributed by atoms with Crippen LogP contribution in [0.3, 0.4) is 0 Å². The molecule has 136 valence electrons. The zero-order chi connectivity index (χ0) is 19.0. The second-order valence-electron chi connectivity index (χ2n) is 6.10. The van der Waals surface area contributed by atoms with E-state index in [1.54, 1.807) is 6.07 Å². The van der Waals surface area contributed by atoms with Crippen LogP contribution < -0.4 is 5.56 Å². The molecule has 8 heteroatoms. The van der Waals surface area contributed by atoms with E-state index < -0.39 is 0 Å². The number of nitrogens with one attached hydrogen (secondary N) is 1. The number of halogens is 1. The van der Waals surface area contributed by atoms with E-state index >= 15 is 0 Å². The molecule has 0 fully saturated rings. The van der Waals surface area contributed by atoms with Crippen molar-refractivity contribution in [2.45, 2.75) is 17.3 Å². The van der Waals surface area contributed by atoms with Crippen LogP contribution in [-0.2, 0) is 7.05 Å². The summed E-state index contributed by atoms with van der Waals surface area (Å²) in [6.45, 7) is 1.98. The van der Waals surface area contributed by atoms with Gasteiger partial charge in [-0.05, 0) is 43.3 Å². The highest BCUT2D eigenvalue weighted by Crippen LogP contribution is 2.33. The van der Waals surface area contributed by atoms with Crippen molar-refractivity contribution in [3.63, 3.8) is 0 Å². The Balaban J connectivity index is 1.63. The van der Waals surface area contributed by atoms with Crippen LogP contribution in [0.4, 0.5) is 0 Å². The minimum absolute atomic E-state index is 0.0942. The fourth-order valence-corrected chi connectivity index (χ4v) is 3.78. The lowest BCUT2D eigenvalue weighted by Crippen LogP contribution is -2.13. The summed E-state index contributed by atoms with van der Waals surface area (Å²) in [4.78, 5) is 19.8. The molecule has 0 bridgehead atoms. The van der Waals surface area contributed by atoms with Crippen molar-refractivity contribution >= 4 is 34.3 Å². The first kappa shape index (κ1) is 17.8. The Bertz CT molecular complexity index is 1170. The van der Waals surface area contributed by atoms with Crippen molar-refractivity contribution < 1.29 is 0 Å². The summed E-state index contributed by atoms with van der Waals surface area (Å²) in [6, 6.07) is 14.8. The molecule has 6 nitrogen and oxygen atoms in total. The van der Waals surface area contributed by atoms with Gasteiger partial charge in [-0.3, -0.25) is 4.79 Å². The fourth-order valence-electron chi connectivity index (χ4n) is 2.78. The number of fused-ring (bicyclic) bond motifs is 1. The first-order valence-electron chi connectivity index (χ1n) is 8.34. The van der Waals surface area contributed by atoms with Crippen LogP contribution in [0.5, 0.6) is 0 Å². The minimum atomic E-state index is -0.136. The van der Waals surface area contributed by atoms with Crippen LogP contribution >= 0.6 is 23.4 Å². The molecule has 2 aromatic heterocycles. The van der Waals surface area contributed by atoms with E-state index in [0.29, 0.717) is 21.7 Å². The smallest absolute Gasteiger partial charge is 0.258 e. The largest absolute Gasteiger partial charge is 0.309 e. The number of nitrogens with zero attached hydrogens (tertiary/aromatic N) is 4. The number of benzene rings is 2. The van der Waals surface area contributed by atoms with Gasteiger partial charge in [0.05, 0.1) is 16.2 Å². The third-order valence-electron chi connectivity index (χ3n) is 4.24. The molecule has 0 aliphatic carbocycles. The van der Waals surface area contributed by atoms with Gasteiger partial charge in [0.2, 0.25) is 0 Å². The summed E-state index contributed by atoms with van der Waals surface area (Å²) >= 11 is 7.44. The highest BCUT2D eigenvalue weighted by Gasteiger charge is 2.17. The first-order valence-corrected chi connectivity index (χ1v) is 9.59. The van der Waals surface area contributed by atoms with Crippen LogP contribution in [0.1, 0.15) is 18.0 Å². The second-order valence-corrected chi connectivity index (χ2v) is 7.84. The molecule has 0 aliphatic heterocycles. The molecular formula is C19H16ClN5OS. The van der Waals surface area contributed by atoms with E-state index in [9.17, 15) is 4.79 Å². The zero-order valence-corrected chi connectivity index (χ0v) is 16.3. The second kappa shape index (κ2) is 7.17. The molecule has 0 unspecified atom stereocenters. The van der Waals surface area contributed by atoms with Crippen molar-refractivity contribution in [3.8, 4) is 11.4 Å². The average molecular weight is 398 g/mol. The first-order chi connectivity index (χ1) is 13.0. The Labute approximate surface area is 164 Å². The molecule has 1 atom stereocenters. The van der Waals surface area contributed by atoms with Crippen molar-refractivity contribution in [3.05, 3.63) is 69.7 Å². The maximum Gasteiger partial charge on any atom is 0.258 e. The Morgan fingerprint density at radius 3 is 2.63 bits per heavy atom. The van der Waals surface area contributed by atoms with Gasteiger partial charge in [0.25, 0.3) is 5.56 Å². The van der Waals surface area contributed by atoms with Crippen LogP contribution in [-0.4, -0.2) is 24.7 Å². The molecule has 1 N–H and O–H groups in total. The molecule has 2 aromatic carbocycles. The predicted molar refractivity (Wildman–Crippen MR) is 108 cm³/mol. The van der Waals surface area contributed by atoms with Gasteiger partial charge in [-0.2, -0.15) is 0 Å². The quantitative estimate of drug-likeness (QED) is 0.521. The highest BCUT2D eigenvalue weighted by atomic mass is 35.5. The molecule has 0 saturated carbocycles. The maximum absolute atomic E-state index is 12.3. The lowest BCUT2D eigenvalue weighted by Gasteiger charge is -2.11. The molecule has 0 radical (unpaired) electrons. The Morgan fingerprint density at radius 1 is 1.11 bits per heavy atom. The van der Waals surface area contributed by atoms with E-state index in [2.05, 4.69) is 20.2 Å². The monoisotopic (exact) mass is 397 g/mol. The summed E-state index contributed by atoms with van der Waals surface area (Å²) in [5.74, 6) is 1.36. The molecule has 4 rings (SSSR count). The van der Waals surface area contributed by atoms with Gasteiger partial charge in [-0.25, -0.2) is 4.98 Å². The molecule has 27 heavy (non-hydrogen) atoms. The number of aromatic amines is 1. The van der Waals surface area contributed by atoms with E-state index in [0.717, 1.165) is 16.5 Å². The molecule has 0 spiro atoms. The van der Waals surface area contributed by atoms with E-state index in [4.69, 9.17) is 11.6 Å². The Morgan fingerprint density at radius 2 is 1.85 bits per heavy atom. The van der Waals surface area contributed by atoms with Gasteiger partial charge in [-0.1, -0.05) is 35.5 Å². The van der Waals surface area contributed by atoms with Crippen LogP contribution in [0, 0.1) is 0 Å². The average Bonchev–Trinajstić information content (AvgIpc) is 3.03. The van der Waals surface area contributed by atoms with Gasteiger partial charge < -0.3 is 9.55 Å². The summed E-state index contributed by atoms with van der Waals surface area (Å²) in [5, 5.41) is 10.5. The number of rotatable bonds is 4. The minimum Gasteiger partial charge on any atom is -0.309 e. The summed E-state index contributed by atoms with van der Waals surface area (Å²) in [7, 11) is 1.91. The number of para-hydroxylation sites is 1. The van der Waals surface area contributed by atoms with E-state index in [1.165, 1.54) is 11.8 Å². The van der Waals surface area contributed by atoms with E-state index in [-0.39, 0.29) is 10.8 Å². The SMILES string of the molecule is C[C@H](Sc1nnc(-c2ccc(Cl)cc2)n1C)c1nc2ccccc2c(=O)[nH]1. The number of hydrogen-bond donors (Lipinski definition) is 1. The van der Waals surface area contributed by atoms with Crippen LogP contribution in [0.15, 0.2) is 58.5 Å². The number of H-pyrrole nitrogens is 1. The lowest BCUT2D eigenvalue weighted by molar-refractivity contribution is 0.786. The number of hydrogen-bond acceptors (Lipinski definition) is 5. The zero-order valence-electron chi connectivity index (χ0n) is 14.7. The number of thioether (sulfide) groups is 1. The third-order valence-corrected chi connectivity index (χ3v) is 5.63. The van der Waals surface area contributed by atoms with Gasteiger partial charge in [0.1, 0.15) is 5.82 Å². The number of aromatic nitrogens is 5. The third kappa shape index (κ3) is 3.48. The summed E-state index contributed by atoms with van der Waals surface area (Å²) in [5.41, 5.74) is 1.48. The summed E-state index contributed by atoms with van der Waals surface area (Å²) < 4.78 is 1.92. The van der Waals surface area contributed by atoms with Crippen molar-refractivity contribution in [2.75, 3.05) is 0 Å². The molecular weight excluding hydrogens is 382 g/mol. The van der Waals surface area contributed by atoms with Crippen LogP contribution in [0.2, 0.25) is 5.02 Å². The Kier molecular flexibility index (Phi) is 4.72. The van der Waals surface area contributed by atoms with Crippen molar-refractivity contribution in [1.29, 1.82) is 0 Å². The highest BCUT2D eigenvalue weighted by molar-refractivity contribution is 7.99. The summed E-state index contributed by atoms with van der Waals surface area (Å²) in [6.07, 6.45) is 0. The predicted octanol–water partition coefficient (Wildman–Crippen LogP) is 4.23. The van der Waals surface area contributed by atoms with Crippen molar-refractivity contribution in [2.24, 2.45) is 7.05 Å². The van der Waals surface area contributed by atoms with E-state index in [1.807, 2.05) is 61.0 Å². The maximum atomic E-state index is 12.3. The molecule has 0 saturated heterocycles. The molecule has 2 heterocycles. The molecule has 0 aliphatic rings. The van der Waals surface area contributed by atoms with Crippen LogP contribution in [0.25, 0.3) is 22.3 Å². The normalized spacial score (nSPS) is 12.4. The topological polar surface area (TPSA) is 76.5 Å². The standard InChI is InChI=1S/C19H16ClN5OS/c1-11(16-21-15-6-4-3-5-14(15)18(26)22-16)27-19-24-23-17(25(19)2)12-7-9-13(20)10-8-12/h3-11H,1-2H3,(H,21,22,26)/t11-/m0/s1. The fraction of sp³-hybridized carbons (Fsp3) is 0.158. The van der Waals surface area contributed by atoms with Gasteiger partial charge >= 0.3 is 0 Å². The van der Waals surface area contributed by atoms with Gasteiger partial charge in [-0.15, -0.1) is 10.2 Å². The molecule has 0 amide bonds. The Hall–Kier alpha value is -2.64. The lowest BCUT2D eigenvalue weighted by atomic mass is 10.2. The van der Waals surface area contributed by atoms with Crippen molar-refractivity contribution in [1.82, 2.24) is 24.7 Å². The van der Waals surface area contributed by atoms with Gasteiger partial charge in [0.15, 0.2) is 11.0 Å². The molecule has 4 aromatic rings.